The fraction of sp³-hybridized carbons (Fsp3) is 0.647. The zero-order valence-corrected chi connectivity index (χ0v) is 17.1. The quantitative estimate of drug-likeness (QED) is 0.0782. The second kappa shape index (κ2) is 13.0. The molecule has 1 heterocycles. The van der Waals surface area contributed by atoms with E-state index in [-0.39, 0.29) is 18.9 Å². The number of rotatable bonds is 13. The Labute approximate surface area is 178 Å². The minimum Gasteiger partial charge on any atom is -0.480 e. The van der Waals surface area contributed by atoms with Gasteiger partial charge in [0.15, 0.2) is 5.96 Å². The summed E-state index contributed by atoms with van der Waals surface area (Å²) in [6, 6.07) is -2.92. The average molecular weight is 442 g/mol. The largest absolute Gasteiger partial charge is 0.480 e. The highest BCUT2D eigenvalue weighted by Crippen LogP contribution is 2.06. The molecule has 1 aliphatic heterocycles. The lowest BCUT2D eigenvalue weighted by atomic mass is 10.1. The van der Waals surface area contributed by atoms with Gasteiger partial charge >= 0.3 is 5.97 Å². The molecule has 0 aromatic rings. The smallest absolute Gasteiger partial charge is 0.322 e. The van der Waals surface area contributed by atoms with E-state index in [2.05, 4.69) is 26.3 Å². The molecule has 174 valence electrons. The minimum absolute atomic E-state index is 0.0788. The average Bonchev–Trinajstić information content (AvgIpc) is 3.22. The molecule has 0 aromatic heterocycles. The molecule has 14 nitrogen and oxygen atoms in total. The predicted molar refractivity (Wildman–Crippen MR) is 109 cm³/mol. The Morgan fingerprint density at radius 1 is 1.06 bits per heavy atom. The fourth-order valence-corrected chi connectivity index (χ4v) is 2.92. The van der Waals surface area contributed by atoms with Gasteiger partial charge < -0.3 is 43.6 Å². The van der Waals surface area contributed by atoms with E-state index in [1.807, 2.05) is 0 Å². The summed E-state index contributed by atoms with van der Waals surface area (Å²) in [6.45, 7) is 0.190. The van der Waals surface area contributed by atoms with Crippen molar-refractivity contribution in [1.29, 1.82) is 0 Å². The first-order valence-corrected chi connectivity index (χ1v) is 9.77. The van der Waals surface area contributed by atoms with Crippen LogP contribution in [0.2, 0.25) is 0 Å². The highest BCUT2D eigenvalue weighted by atomic mass is 16.4. The third-order valence-electron chi connectivity index (χ3n) is 4.41. The normalized spacial score (nSPS) is 17.1. The first-order valence-electron chi connectivity index (χ1n) is 9.77. The summed E-state index contributed by atoms with van der Waals surface area (Å²) >= 11 is 0. The summed E-state index contributed by atoms with van der Waals surface area (Å²) in [5, 5.41) is 18.8. The molecular weight excluding hydrogens is 412 g/mol. The van der Waals surface area contributed by atoms with Gasteiger partial charge in [-0.2, -0.15) is 0 Å². The van der Waals surface area contributed by atoms with Gasteiger partial charge in [-0.1, -0.05) is 0 Å². The Kier molecular flexibility index (Phi) is 10.7. The van der Waals surface area contributed by atoms with Gasteiger partial charge in [-0.05, 0) is 32.2 Å². The molecule has 3 atom stereocenters. The molecule has 1 saturated heterocycles. The number of aliphatic imine (C=N–C) groups is 1. The van der Waals surface area contributed by atoms with E-state index in [9.17, 15) is 24.0 Å². The summed E-state index contributed by atoms with van der Waals surface area (Å²) < 4.78 is 0. The Morgan fingerprint density at radius 2 is 1.77 bits per heavy atom. The number of guanidine groups is 1. The number of carbonyl (C=O) groups excluding carboxylic acids is 4. The van der Waals surface area contributed by atoms with Crippen molar-refractivity contribution in [3.63, 3.8) is 0 Å². The van der Waals surface area contributed by atoms with Crippen LogP contribution in [-0.2, 0) is 24.0 Å². The fourth-order valence-electron chi connectivity index (χ4n) is 2.92. The SMILES string of the molecule is NC(=O)CC(NC(=O)C1CCCN1)C(=O)NC(CCCN=C(N)N)C(=O)NCC(=O)O. The summed E-state index contributed by atoms with van der Waals surface area (Å²) in [7, 11) is 0. The second-order valence-corrected chi connectivity index (χ2v) is 7.00. The molecule has 11 N–H and O–H groups in total. The Morgan fingerprint density at radius 3 is 2.32 bits per heavy atom. The van der Waals surface area contributed by atoms with Gasteiger partial charge in [0.25, 0.3) is 0 Å². The van der Waals surface area contributed by atoms with E-state index in [4.69, 9.17) is 22.3 Å². The maximum Gasteiger partial charge on any atom is 0.322 e. The van der Waals surface area contributed by atoms with E-state index < -0.39 is 60.7 Å². The Bertz CT molecular complexity index is 703. The van der Waals surface area contributed by atoms with E-state index >= 15 is 0 Å². The van der Waals surface area contributed by atoms with Gasteiger partial charge in [0, 0.05) is 6.54 Å². The highest BCUT2D eigenvalue weighted by molar-refractivity contribution is 5.95. The van der Waals surface area contributed by atoms with Crippen molar-refractivity contribution >= 4 is 35.6 Å². The summed E-state index contributed by atoms with van der Waals surface area (Å²) in [5.41, 5.74) is 15.7. The minimum atomic E-state index is -1.29. The molecule has 0 saturated carbocycles. The van der Waals surface area contributed by atoms with Crippen LogP contribution in [0.25, 0.3) is 0 Å². The maximum absolute atomic E-state index is 12.7. The first-order chi connectivity index (χ1) is 14.6. The number of carboxylic acids is 1. The van der Waals surface area contributed by atoms with Crippen molar-refractivity contribution in [2.24, 2.45) is 22.2 Å². The van der Waals surface area contributed by atoms with Gasteiger partial charge in [0.2, 0.25) is 23.6 Å². The lowest BCUT2D eigenvalue weighted by Crippen LogP contribution is -2.56. The number of amides is 4. The van der Waals surface area contributed by atoms with E-state index in [0.29, 0.717) is 19.4 Å². The molecule has 0 spiro atoms. The number of nitrogens with two attached hydrogens (primary N) is 3. The van der Waals surface area contributed by atoms with Gasteiger partial charge in [-0.15, -0.1) is 0 Å². The lowest BCUT2D eigenvalue weighted by molar-refractivity contribution is -0.138. The van der Waals surface area contributed by atoms with Crippen molar-refractivity contribution in [3.05, 3.63) is 0 Å². The van der Waals surface area contributed by atoms with Crippen LogP contribution in [0.4, 0.5) is 0 Å². The molecule has 4 amide bonds. The molecular formula is C17H30N8O6. The summed E-state index contributed by atoms with van der Waals surface area (Å²) in [6.07, 6.45) is 1.29. The van der Waals surface area contributed by atoms with Crippen LogP contribution in [-0.4, -0.2) is 78.4 Å². The van der Waals surface area contributed by atoms with Crippen molar-refractivity contribution in [1.82, 2.24) is 21.3 Å². The number of hydrogen-bond donors (Lipinski definition) is 8. The van der Waals surface area contributed by atoms with Crippen LogP contribution >= 0.6 is 0 Å². The van der Waals surface area contributed by atoms with Gasteiger partial charge in [0.1, 0.15) is 18.6 Å². The molecule has 0 bridgehead atoms. The number of carbonyl (C=O) groups is 5. The van der Waals surface area contributed by atoms with Crippen LogP contribution in [0.3, 0.4) is 0 Å². The highest BCUT2D eigenvalue weighted by Gasteiger charge is 2.30. The third-order valence-corrected chi connectivity index (χ3v) is 4.41. The lowest BCUT2D eigenvalue weighted by Gasteiger charge is -2.23. The van der Waals surface area contributed by atoms with Crippen LogP contribution in [0, 0.1) is 0 Å². The number of hydrogen-bond acceptors (Lipinski definition) is 7. The number of carboxylic acid groups (broad SMARTS) is 1. The van der Waals surface area contributed by atoms with Crippen molar-refractivity contribution in [3.8, 4) is 0 Å². The molecule has 31 heavy (non-hydrogen) atoms. The molecule has 0 aromatic carbocycles. The first kappa shape index (κ1) is 25.6. The van der Waals surface area contributed by atoms with Crippen LogP contribution in [0.5, 0.6) is 0 Å². The topological polar surface area (TPSA) is 244 Å². The van der Waals surface area contributed by atoms with Crippen LogP contribution in [0.1, 0.15) is 32.1 Å². The molecule has 0 radical (unpaired) electrons. The maximum atomic E-state index is 12.7. The molecule has 0 aliphatic carbocycles. The third kappa shape index (κ3) is 10.3. The van der Waals surface area contributed by atoms with Gasteiger partial charge in [-0.3, -0.25) is 29.0 Å². The van der Waals surface area contributed by atoms with Crippen molar-refractivity contribution in [2.75, 3.05) is 19.6 Å². The van der Waals surface area contributed by atoms with Crippen molar-refractivity contribution < 1.29 is 29.1 Å². The van der Waals surface area contributed by atoms with E-state index in [1.165, 1.54) is 0 Å². The number of aliphatic carboxylic acids is 1. The Balaban J connectivity index is 2.83. The number of nitrogens with zero attached hydrogens (tertiary/aromatic N) is 1. The molecule has 1 aliphatic rings. The van der Waals surface area contributed by atoms with Crippen LogP contribution < -0.4 is 38.5 Å². The number of nitrogens with one attached hydrogen (secondary N) is 4. The van der Waals surface area contributed by atoms with Gasteiger partial charge in [-0.25, -0.2) is 0 Å². The van der Waals surface area contributed by atoms with Gasteiger partial charge in [0.05, 0.1) is 12.5 Å². The van der Waals surface area contributed by atoms with E-state index in [1.54, 1.807) is 0 Å². The predicted octanol–water partition coefficient (Wildman–Crippen LogP) is -4.16. The monoisotopic (exact) mass is 442 g/mol. The zero-order chi connectivity index (χ0) is 23.4. The standard InChI is InChI=1S/C17H30N8O6/c18-12(26)7-11(25-15(30)9-3-1-5-21-9)16(31)24-10(4-2-6-22-17(19)20)14(29)23-8-13(27)28/h9-11,21H,1-8H2,(H2,18,26)(H,23,29)(H,24,31)(H,25,30)(H,27,28)(H4,19,20,22). The molecule has 3 unspecified atom stereocenters. The second-order valence-electron chi connectivity index (χ2n) is 7.00. The van der Waals surface area contributed by atoms with Crippen LogP contribution in [0.15, 0.2) is 4.99 Å². The van der Waals surface area contributed by atoms with Crippen molar-refractivity contribution in [2.45, 2.75) is 50.2 Å². The molecule has 1 rings (SSSR count). The Hall–Kier alpha value is -3.42. The zero-order valence-electron chi connectivity index (χ0n) is 17.1. The van der Waals surface area contributed by atoms with E-state index in [0.717, 1.165) is 6.42 Å². The summed E-state index contributed by atoms with van der Waals surface area (Å²) in [4.78, 5) is 63.2. The number of primary amides is 1. The molecule has 1 fully saturated rings. The summed E-state index contributed by atoms with van der Waals surface area (Å²) in [5.74, 6) is -4.23. The molecule has 14 heteroatoms.